The fourth-order valence-electron chi connectivity index (χ4n) is 4.67. The first-order valence-electron chi connectivity index (χ1n) is 14.9. The van der Waals surface area contributed by atoms with Crippen LogP contribution in [0.4, 0.5) is 15.8 Å². The van der Waals surface area contributed by atoms with Crippen molar-refractivity contribution in [3.8, 4) is 5.75 Å². The second-order valence-electron chi connectivity index (χ2n) is 11.6. The minimum Gasteiger partial charge on any atom is -0.494 e. The molecule has 0 saturated heterocycles. The average Bonchev–Trinajstić information content (AvgIpc) is 3.59. The number of nitrogens with one attached hydrogen (secondary N) is 3. The van der Waals surface area contributed by atoms with Crippen molar-refractivity contribution in [1.82, 2.24) is 19.4 Å². The van der Waals surface area contributed by atoms with Crippen LogP contribution >= 0.6 is 0 Å². The summed E-state index contributed by atoms with van der Waals surface area (Å²) in [6.07, 6.45) is 9.13. The fraction of sp³-hybridized carbons (Fsp3) is 0.294. The minimum atomic E-state index is -0.442. The molecule has 0 bridgehead atoms. The van der Waals surface area contributed by atoms with Gasteiger partial charge in [-0.3, -0.25) is 19.4 Å². The molecule has 0 spiro atoms. The summed E-state index contributed by atoms with van der Waals surface area (Å²) in [7, 11) is 9.17. The lowest BCUT2D eigenvalue weighted by Gasteiger charge is -2.28. The van der Waals surface area contributed by atoms with Gasteiger partial charge in [0.1, 0.15) is 11.4 Å². The van der Waals surface area contributed by atoms with E-state index in [1.54, 1.807) is 84.2 Å². The van der Waals surface area contributed by atoms with E-state index in [9.17, 15) is 18.8 Å². The van der Waals surface area contributed by atoms with Gasteiger partial charge in [0.2, 0.25) is 0 Å². The largest absolute Gasteiger partial charge is 0.494 e. The topological polar surface area (TPSA) is 119 Å². The summed E-state index contributed by atoms with van der Waals surface area (Å²) in [5, 5.41) is 8.57. The van der Waals surface area contributed by atoms with Crippen LogP contribution in [0.2, 0.25) is 0 Å². The molecule has 11 nitrogen and oxygen atoms in total. The Morgan fingerprint density at radius 1 is 0.913 bits per heavy atom. The number of benzene rings is 1. The number of carbonyl (C=O) groups excluding carboxylic acids is 3. The third-order valence-corrected chi connectivity index (χ3v) is 7.74. The zero-order valence-electron chi connectivity index (χ0n) is 27.1. The van der Waals surface area contributed by atoms with E-state index in [1.807, 2.05) is 0 Å². The van der Waals surface area contributed by atoms with E-state index in [4.69, 9.17) is 4.74 Å². The highest BCUT2D eigenvalue weighted by atomic mass is 19.1. The van der Waals surface area contributed by atoms with Crippen molar-refractivity contribution < 1.29 is 28.0 Å². The Hall–Kier alpha value is -5.23. The summed E-state index contributed by atoms with van der Waals surface area (Å²) in [5.74, 6) is -1.28. The molecule has 46 heavy (non-hydrogen) atoms. The molecule has 0 aliphatic rings. The molecule has 4 aromatic rings. The quantitative estimate of drug-likeness (QED) is 0.145. The van der Waals surface area contributed by atoms with E-state index in [0.29, 0.717) is 40.6 Å². The monoisotopic (exact) mass is 630 g/mol. The summed E-state index contributed by atoms with van der Waals surface area (Å²) in [6, 6.07) is 11.1. The Balaban J connectivity index is 1.33. The van der Waals surface area contributed by atoms with Crippen LogP contribution < -0.4 is 20.7 Å². The van der Waals surface area contributed by atoms with Crippen LogP contribution in [0.3, 0.4) is 0 Å². The van der Waals surface area contributed by atoms with Crippen LogP contribution in [0, 0.1) is 5.82 Å². The van der Waals surface area contributed by atoms with E-state index in [-0.39, 0.29) is 17.6 Å². The zero-order chi connectivity index (χ0) is 33.4. The molecule has 0 fully saturated rings. The van der Waals surface area contributed by atoms with E-state index in [1.165, 1.54) is 19.4 Å². The number of methoxy groups -OCH3 is 1. The maximum absolute atomic E-state index is 13.6. The van der Waals surface area contributed by atoms with Gasteiger partial charge in [-0.1, -0.05) is 12.1 Å². The predicted octanol–water partition coefficient (Wildman–Crippen LogP) is 4.80. The lowest BCUT2D eigenvalue weighted by Crippen LogP contribution is -2.41. The predicted molar refractivity (Wildman–Crippen MR) is 177 cm³/mol. The number of nitrogens with zero attached hydrogens (tertiary/aromatic N) is 4. The van der Waals surface area contributed by atoms with E-state index in [2.05, 4.69) is 42.0 Å². The van der Waals surface area contributed by atoms with Crippen LogP contribution in [0.25, 0.3) is 12.2 Å². The van der Waals surface area contributed by atoms with Crippen molar-refractivity contribution >= 4 is 41.2 Å². The molecule has 0 aliphatic carbocycles. The highest BCUT2D eigenvalue weighted by Gasteiger charge is 2.18. The van der Waals surface area contributed by atoms with Gasteiger partial charge in [0, 0.05) is 45.7 Å². The number of ether oxygens (including phenoxy) is 1. The first-order valence-corrected chi connectivity index (χ1v) is 14.9. The molecule has 0 atom stereocenters. The van der Waals surface area contributed by atoms with Crippen molar-refractivity contribution in [1.29, 1.82) is 0 Å². The van der Waals surface area contributed by atoms with Gasteiger partial charge in [-0.15, -0.1) is 0 Å². The smallest absolute Gasteiger partial charge is 0.272 e. The summed E-state index contributed by atoms with van der Waals surface area (Å²) in [6.45, 7) is 4.68. The molecular weight excluding hydrogens is 589 g/mol. The second kappa shape index (κ2) is 14.7. The Labute approximate surface area is 268 Å². The fourth-order valence-corrected chi connectivity index (χ4v) is 4.67. The van der Waals surface area contributed by atoms with Crippen molar-refractivity contribution in [3.63, 3.8) is 0 Å². The van der Waals surface area contributed by atoms with Crippen LogP contribution in [0.1, 0.15) is 55.9 Å². The number of pyridine rings is 1. The Bertz CT molecular complexity index is 1740. The van der Waals surface area contributed by atoms with Crippen LogP contribution in [0.15, 0.2) is 61.1 Å². The van der Waals surface area contributed by atoms with Gasteiger partial charge >= 0.3 is 0 Å². The van der Waals surface area contributed by atoms with Crippen molar-refractivity contribution in [2.45, 2.75) is 13.3 Å². The van der Waals surface area contributed by atoms with Gasteiger partial charge in [0.15, 0.2) is 11.6 Å². The number of quaternary nitrogens is 1. The van der Waals surface area contributed by atoms with Gasteiger partial charge in [-0.2, -0.15) is 0 Å². The third-order valence-electron chi connectivity index (χ3n) is 7.74. The van der Waals surface area contributed by atoms with Crippen LogP contribution in [-0.4, -0.2) is 77.2 Å². The molecule has 1 aromatic carbocycles. The summed E-state index contributed by atoms with van der Waals surface area (Å²) >= 11 is 0. The number of carbonyl (C=O) groups is 3. The normalized spacial score (nSPS) is 11.5. The molecule has 0 radical (unpaired) electrons. The molecule has 0 unspecified atom stereocenters. The number of aromatic nitrogens is 3. The van der Waals surface area contributed by atoms with Crippen LogP contribution in [0.5, 0.6) is 5.75 Å². The second-order valence-corrected chi connectivity index (χ2v) is 11.6. The molecular formula is C34H41FN7O4+. The lowest BCUT2D eigenvalue weighted by atomic mass is 10.1. The van der Waals surface area contributed by atoms with Gasteiger partial charge < -0.3 is 34.3 Å². The molecule has 0 saturated carbocycles. The molecule has 0 aliphatic heterocycles. The van der Waals surface area contributed by atoms with E-state index < -0.39 is 11.7 Å². The summed E-state index contributed by atoms with van der Waals surface area (Å²) < 4.78 is 22.8. The van der Waals surface area contributed by atoms with Crippen molar-refractivity contribution in [2.24, 2.45) is 14.1 Å². The molecule has 3 heterocycles. The highest BCUT2D eigenvalue weighted by molar-refractivity contribution is 6.07. The number of hydrogen-bond donors (Lipinski definition) is 3. The first kappa shape index (κ1) is 33.7. The van der Waals surface area contributed by atoms with Gasteiger partial charge in [0.05, 0.1) is 56.9 Å². The number of amides is 3. The van der Waals surface area contributed by atoms with Gasteiger partial charge in [0.25, 0.3) is 17.7 Å². The number of halogens is 1. The highest BCUT2D eigenvalue weighted by Crippen LogP contribution is 2.21. The molecule has 3 aromatic heterocycles. The average molecular weight is 631 g/mol. The standard InChI is InChI=1S/C34H40FN7O4/c1-7-42(4,5)16-8-15-36-33(44)29-18-27(22-40(29)2)39-34(45)30-19-26(21-41(30)3)38-32(43)24-11-13-25(37-20-24)12-9-23-10-14-28(35)31(17-23)46-6/h9-14,17-22H,7-8,15-16H2,1-6H3,(H2-,36,38,39,43,44,45)/p+1/b12-9+. The molecule has 3 N–H and O–H groups in total. The molecule has 12 heteroatoms. The Morgan fingerprint density at radius 3 is 2.17 bits per heavy atom. The SMILES string of the molecule is CC[N+](C)(C)CCCNC(=O)c1cc(NC(=O)c2cc(NC(=O)c3ccc(/C=C/c4ccc(F)c(OC)c4)nc3)cn2C)cn1C. The first-order chi connectivity index (χ1) is 21.9. The van der Waals surface area contributed by atoms with Crippen LogP contribution in [-0.2, 0) is 14.1 Å². The molecule has 3 amide bonds. The Kier molecular flexibility index (Phi) is 10.8. The Morgan fingerprint density at radius 2 is 1.57 bits per heavy atom. The van der Waals surface area contributed by atoms with Crippen molar-refractivity contribution in [3.05, 3.63) is 95.1 Å². The van der Waals surface area contributed by atoms with E-state index >= 15 is 0 Å². The maximum Gasteiger partial charge on any atom is 0.272 e. The number of rotatable bonds is 13. The number of anilines is 2. The van der Waals surface area contributed by atoms with E-state index in [0.717, 1.165) is 29.6 Å². The minimum absolute atomic E-state index is 0.148. The third kappa shape index (κ3) is 8.69. The van der Waals surface area contributed by atoms with Crippen molar-refractivity contribution in [2.75, 3.05) is 51.5 Å². The van der Waals surface area contributed by atoms with Gasteiger partial charge in [-0.05, 0) is 55.0 Å². The number of hydrogen-bond acceptors (Lipinski definition) is 5. The van der Waals surface area contributed by atoms with Gasteiger partial charge in [-0.25, -0.2) is 4.39 Å². The zero-order valence-corrected chi connectivity index (χ0v) is 27.1. The molecule has 242 valence electrons. The maximum atomic E-state index is 13.6. The molecule has 4 rings (SSSR count). The lowest BCUT2D eigenvalue weighted by molar-refractivity contribution is -0.888. The number of aryl methyl sites for hydroxylation is 2. The summed E-state index contributed by atoms with van der Waals surface area (Å²) in [5.41, 5.74) is 3.34. The summed E-state index contributed by atoms with van der Waals surface area (Å²) in [4.78, 5) is 43.0.